The quantitative estimate of drug-likeness (QED) is 0.736. The summed E-state index contributed by atoms with van der Waals surface area (Å²) in [5.41, 5.74) is 3.38. The molecule has 3 rings (SSSR count). The van der Waals surface area contributed by atoms with Crippen LogP contribution in [0.15, 0.2) is 42.5 Å². The lowest BCUT2D eigenvalue weighted by molar-refractivity contribution is -0.136. The van der Waals surface area contributed by atoms with Crippen molar-refractivity contribution in [2.24, 2.45) is 0 Å². The largest absolute Gasteiger partial charge is 0.481 e. The van der Waals surface area contributed by atoms with Crippen LogP contribution in [-0.2, 0) is 11.2 Å². The number of hydrogen-bond acceptors (Lipinski definition) is 1. The second-order valence-corrected chi connectivity index (χ2v) is 5.51. The van der Waals surface area contributed by atoms with Crippen molar-refractivity contribution in [3.05, 3.63) is 58.9 Å². The van der Waals surface area contributed by atoms with Gasteiger partial charge < -0.3 is 10.1 Å². The molecule has 0 aliphatic heterocycles. The van der Waals surface area contributed by atoms with Crippen LogP contribution in [0.2, 0.25) is 5.02 Å². The van der Waals surface area contributed by atoms with Gasteiger partial charge in [0.1, 0.15) is 5.82 Å². The standard InChI is InChI=1S/C17H13ClFNO2/c18-11-3-7-15-14(9-11)13(6-8-16(21)22)17(20-15)10-1-4-12(19)5-2-10/h1-5,7,9,20H,6,8H2,(H,21,22). The molecule has 0 atom stereocenters. The van der Waals surface area contributed by atoms with Crippen LogP contribution in [0, 0.1) is 5.82 Å². The molecule has 1 aromatic heterocycles. The average Bonchev–Trinajstić information content (AvgIpc) is 2.83. The molecule has 0 aliphatic carbocycles. The van der Waals surface area contributed by atoms with Crippen LogP contribution < -0.4 is 0 Å². The van der Waals surface area contributed by atoms with Gasteiger partial charge in [-0.05, 0) is 60.0 Å². The number of fused-ring (bicyclic) bond motifs is 1. The minimum absolute atomic E-state index is 0.0215. The van der Waals surface area contributed by atoms with E-state index < -0.39 is 5.97 Å². The highest BCUT2D eigenvalue weighted by Gasteiger charge is 2.14. The van der Waals surface area contributed by atoms with Gasteiger partial charge in [-0.2, -0.15) is 0 Å². The topological polar surface area (TPSA) is 53.1 Å². The lowest BCUT2D eigenvalue weighted by Crippen LogP contribution is -1.98. The molecular weight excluding hydrogens is 305 g/mol. The summed E-state index contributed by atoms with van der Waals surface area (Å²) in [4.78, 5) is 14.2. The molecule has 0 radical (unpaired) electrons. The summed E-state index contributed by atoms with van der Waals surface area (Å²) in [5.74, 6) is -1.17. The summed E-state index contributed by atoms with van der Waals surface area (Å²) in [7, 11) is 0. The number of halogens is 2. The summed E-state index contributed by atoms with van der Waals surface area (Å²) >= 11 is 6.05. The summed E-state index contributed by atoms with van der Waals surface area (Å²) < 4.78 is 13.1. The normalized spacial score (nSPS) is 11.0. The third-order valence-corrected chi connectivity index (χ3v) is 3.83. The first-order chi connectivity index (χ1) is 10.5. The highest BCUT2D eigenvalue weighted by molar-refractivity contribution is 6.31. The molecule has 0 saturated heterocycles. The van der Waals surface area contributed by atoms with Gasteiger partial charge in [-0.25, -0.2) is 4.39 Å². The molecule has 0 aliphatic rings. The van der Waals surface area contributed by atoms with E-state index in [1.54, 1.807) is 18.2 Å². The van der Waals surface area contributed by atoms with Gasteiger partial charge >= 0.3 is 5.97 Å². The number of carboxylic acids is 1. The summed E-state index contributed by atoms with van der Waals surface area (Å²) in [6.07, 6.45) is 0.399. The molecule has 3 nitrogen and oxygen atoms in total. The Hall–Kier alpha value is -2.33. The smallest absolute Gasteiger partial charge is 0.303 e. The zero-order valence-corrected chi connectivity index (χ0v) is 12.3. The second-order valence-electron chi connectivity index (χ2n) is 5.07. The van der Waals surface area contributed by atoms with Crippen LogP contribution in [-0.4, -0.2) is 16.1 Å². The Bertz CT molecular complexity index is 840. The maximum absolute atomic E-state index is 13.1. The summed E-state index contributed by atoms with van der Waals surface area (Å²) in [5, 5.41) is 10.4. The molecule has 1 heterocycles. The van der Waals surface area contributed by atoms with Crippen molar-refractivity contribution in [1.29, 1.82) is 0 Å². The first-order valence-electron chi connectivity index (χ1n) is 6.82. The predicted octanol–water partition coefficient (Wildman–Crippen LogP) is 4.64. The Morgan fingerprint density at radius 1 is 1.18 bits per heavy atom. The molecule has 0 unspecified atom stereocenters. The Morgan fingerprint density at radius 2 is 1.91 bits per heavy atom. The van der Waals surface area contributed by atoms with Crippen LogP contribution in [0.1, 0.15) is 12.0 Å². The van der Waals surface area contributed by atoms with Gasteiger partial charge in [0.2, 0.25) is 0 Å². The van der Waals surface area contributed by atoms with Crippen LogP contribution in [0.25, 0.3) is 22.2 Å². The highest BCUT2D eigenvalue weighted by Crippen LogP contribution is 2.33. The van der Waals surface area contributed by atoms with Crippen molar-refractivity contribution in [2.45, 2.75) is 12.8 Å². The first-order valence-corrected chi connectivity index (χ1v) is 7.20. The van der Waals surface area contributed by atoms with Gasteiger partial charge in [0.15, 0.2) is 0 Å². The van der Waals surface area contributed by atoms with Crippen molar-refractivity contribution in [1.82, 2.24) is 4.98 Å². The number of aliphatic carboxylic acids is 1. The van der Waals surface area contributed by atoms with E-state index in [0.29, 0.717) is 11.4 Å². The Morgan fingerprint density at radius 3 is 2.59 bits per heavy atom. The molecule has 0 amide bonds. The van der Waals surface area contributed by atoms with E-state index in [1.165, 1.54) is 12.1 Å². The van der Waals surface area contributed by atoms with E-state index in [4.69, 9.17) is 16.7 Å². The van der Waals surface area contributed by atoms with Crippen LogP contribution in [0.4, 0.5) is 4.39 Å². The van der Waals surface area contributed by atoms with Gasteiger partial charge in [-0.15, -0.1) is 0 Å². The number of carbonyl (C=O) groups is 1. The van der Waals surface area contributed by atoms with E-state index in [0.717, 1.165) is 27.7 Å². The van der Waals surface area contributed by atoms with Crippen LogP contribution in [0.3, 0.4) is 0 Å². The Kier molecular flexibility index (Phi) is 3.86. The second kappa shape index (κ2) is 5.81. The number of hydrogen-bond donors (Lipinski definition) is 2. The van der Waals surface area contributed by atoms with Crippen molar-refractivity contribution in [3.8, 4) is 11.3 Å². The molecular formula is C17H13ClFNO2. The third-order valence-electron chi connectivity index (χ3n) is 3.59. The number of rotatable bonds is 4. The number of aryl methyl sites for hydroxylation is 1. The SMILES string of the molecule is O=C(O)CCc1c(-c2ccc(F)cc2)[nH]c2ccc(Cl)cc12. The van der Waals surface area contributed by atoms with E-state index in [9.17, 15) is 9.18 Å². The number of H-pyrrole nitrogens is 1. The minimum atomic E-state index is -0.860. The summed E-state index contributed by atoms with van der Waals surface area (Å²) in [6, 6.07) is 11.6. The van der Waals surface area contributed by atoms with E-state index in [1.807, 2.05) is 12.1 Å². The van der Waals surface area contributed by atoms with Gasteiger partial charge in [-0.1, -0.05) is 11.6 Å². The first kappa shape index (κ1) is 14.6. The van der Waals surface area contributed by atoms with E-state index >= 15 is 0 Å². The maximum atomic E-state index is 13.1. The molecule has 0 saturated carbocycles. The maximum Gasteiger partial charge on any atom is 0.303 e. The van der Waals surface area contributed by atoms with Gasteiger partial charge in [0, 0.05) is 28.0 Å². The predicted molar refractivity (Wildman–Crippen MR) is 84.7 cm³/mol. The monoisotopic (exact) mass is 317 g/mol. The fourth-order valence-electron chi connectivity index (χ4n) is 2.57. The number of benzene rings is 2. The average molecular weight is 318 g/mol. The fourth-order valence-corrected chi connectivity index (χ4v) is 2.75. The number of aromatic amines is 1. The molecule has 2 aromatic carbocycles. The van der Waals surface area contributed by atoms with Crippen molar-refractivity contribution in [3.63, 3.8) is 0 Å². The van der Waals surface area contributed by atoms with Gasteiger partial charge in [-0.3, -0.25) is 4.79 Å². The molecule has 0 spiro atoms. The zero-order chi connectivity index (χ0) is 15.7. The van der Waals surface area contributed by atoms with Crippen molar-refractivity contribution < 1.29 is 14.3 Å². The molecule has 5 heteroatoms. The van der Waals surface area contributed by atoms with Crippen LogP contribution in [0.5, 0.6) is 0 Å². The minimum Gasteiger partial charge on any atom is -0.481 e. The third kappa shape index (κ3) is 2.83. The Balaban J connectivity index is 2.16. The molecule has 0 fully saturated rings. The highest BCUT2D eigenvalue weighted by atomic mass is 35.5. The van der Waals surface area contributed by atoms with Crippen LogP contribution >= 0.6 is 11.6 Å². The van der Waals surface area contributed by atoms with E-state index in [2.05, 4.69) is 4.98 Å². The summed E-state index contributed by atoms with van der Waals surface area (Å²) in [6.45, 7) is 0. The number of nitrogens with one attached hydrogen (secondary N) is 1. The zero-order valence-electron chi connectivity index (χ0n) is 11.6. The van der Waals surface area contributed by atoms with Gasteiger partial charge in [0.05, 0.1) is 0 Å². The lowest BCUT2D eigenvalue weighted by Gasteiger charge is -2.04. The number of carboxylic acid groups (broad SMARTS) is 1. The molecule has 2 N–H and O–H groups in total. The number of aromatic nitrogens is 1. The Labute approximate surface area is 131 Å². The van der Waals surface area contributed by atoms with Gasteiger partial charge in [0.25, 0.3) is 0 Å². The van der Waals surface area contributed by atoms with E-state index in [-0.39, 0.29) is 12.2 Å². The molecule has 22 heavy (non-hydrogen) atoms. The fraction of sp³-hybridized carbons (Fsp3) is 0.118. The molecule has 3 aromatic rings. The lowest BCUT2D eigenvalue weighted by atomic mass is 10.0. The molecule has 112 valence electrons. The van der Waals surface area contributed by atoms with Crippen molar-refractivity contribution >= 4 is 28.5 Å². The van der Waals surface area contributed by atoms with Crippen molar-refractivity contribution in [2.75, 3.05) is 0 Å². The molecule has 0 bridgehead atoms.